The van der Waals surface area contributed by atoms with Crippen LogP contribution in [0.1, 0.15) is 37.1 Å². The summed E-state index contributed by atoms with van der Waals surface area (Å²) < 4.78 is 12.9. The topological polar surface area (TPSA) is 68.0 Å². The number of anilines is 1. The van der Waals surface area contributed by atoms with Gasteiger partial charge in [-0.3, -0.25) is 4.79 Å². The zero-order chi connectivity index (χ0) is 16.9. The van der Waals surface area contributed by atoms with Crippen LogP contribution in [0.5, 0.6) is 0 Å². The van der Waals surface area contributed by atoms with E-state index in [1.54, 1.807) is 18.3 Å². The van der Waals surface area contributed by atoms with Crippen LogP contribution in [0, 0.1) is 11.2 Å². The number of rotatable bonds is 7. The Bertz CT molecular complexity index is 642. The first-order chi connectivity index (χ1) is 11.0. The summed E-state index contributed by atoms with van der Waals surface area (Å²) in [6.07, 6.45) is 3.79. The third kappa shape index (κ3) is 4.14. The quantitative estimate of drug-likeness (QED) is 0.813. The van der Waals surface area contributed by atoms with Crippen molar-refractivity contribution in [3.8, 4) is 0 Å². The summed E-state index contributed by atoms with van der Waals surface area (Å²) in [6.45, 7) is 4.26. The van der Waals surface area contributed by atoms with E-state index in [9.17, 15) is 9.18 Å². The number of nitrogens with one attached hydrogen (secondary N) is 1. The van der Waals surface area contributed by atoms with Crippen LogP contribution in [-0.4, -0.2) is 17.4 Å². The maximum absolute atomic E-state index is 12.9. The van der Waals surface area contributed by atoms with Gasteiger partial charge in [-0.15, -0.1) is 11.3 Å². The van der Waals surface area contributed by atoms with Crippen LogP contribution in [0.15, 0.2) is 30.5 Å². The fourth-order valence-electron chi connectivity index (χ4n) is 2.43. The molecule has 0 radical (unpaired) electrons. The molecule has 0 saturated carbocycles. The molecule has 124 valence electrons. The normalized spacial score (nSPS) is 11.5. The minimum atomic E-state index is -0.539. The van der Waals surface area contributed by atoms with E-state index in [2.05, 4.69) is 10.3 Å². The summed E-state index contributed by atoms with van der Waals surface area (Å²) >= 11 is 1.43. The third-order valence-corrected chi connectivity index (χ3v) is 5.20. The second-order valence-corrected chi connectivity index (χ2v) is 6.70. The highest BCUT2D eigenvalue weighted by atomic mass is 32.1. The number of benzene rings is 1. The minimum Gasteiger partial charge on any atom is -0.329 e. The number of aromatic nitrogens is 1. The molecule has 0 saturated heterocycles. The van der Waals surface area contributed by atoms with Crippen LogP contribution >= 0.6 is 11.3 Å². The Labute approximate surface area is 139 Å². The van der Waals surface area contributed by atoms with E-state index < -0.39 is 5.41 Å². The number of thiazole rings is 1. The summed E-state index contributed by atoms with van der Waals surface area (Å²) in [5.41, 5.74) is 6.26. The predicted molar refractivity (Wildman–Crippen MR) is 92.0 cm³/mol. The fourth-order valence-corrected chi connectivity index (χ4v) is 3.27. The average Bonchev–Trinajstić information content (AvgIpc) is 2.99. The molecule has 0 unspecified atom stereocenters. The SMILES string of the molecule is CCC(CC)(CN)C(=O)Nc1ncc(Cc2ccc(F)cc2)s1. The summed E-state index contributed by atoms with van der Waals surface area (Å²) in [6, 6.07) is 6.39. The van der Waals surface area contributed by atoms with Gasteiger partial charge in [-0.2, -0.15) is 0 Å². The van der Waals surface area contributed by atoms with Gasteiger partial charge in [0.15, 0.2) is 5.13 Å². The number of amides is 1. The standard InChI is InChI=1S/C17H22FN3OS/c1-3-17(4-2,11-19)15(22)21-16-20-10-14(23-16)9-12-5-7-13(18)8-6-12/h5-8,10H,3-4,9,11,19H2,1-2H3,(H,20,21,22). The molecule has 1 aromatic carbocycles. The molecule has 1 amide bonds. The van der Waals surface area contributed by atoms with Crippen molar-refractivity contribution in [3.63, 3.8) is 0 Å². The maximum Gasteiger partial charge on any atom is 0.233 e. The van der Waals surface area contributed by atoms with Crippen LogP contribution in [0.2, 0.25) is 0 Å². The maximum atomic E-state index is 12.9. The lowest BCUT2D eigenvalue weighted by atomic mass is 9.81. The van der Waals surface area contributed by atoms with Crippen molar-refractivity contribution in [1.29, 1.82) is 0 Å². The van der Waals surface area contributed by atoms with Gasteiger partial charge in [-0.05, 0) is 30.5 Å². The molecule has 4 nitrogen and oxygen atoms in total. The van der Waals surface area contributed by atoms with Crippen LogP contribution in [0.25, 0.3) is 0 Å². The van der Waals surface area contributed by atoms with Crippen molar-refractivity contribution in [2.24, 2.45) is 11.1 Å². The monoisotopic (exact) mass is 335 g/mol. The minimum absolute atomic E-state index is 0.0762. The van der Waals surface area contributed by atoms with E-state index in [1.165, 1.54) is 23.5 Å². The molecular formula is C17H22FN3OS. The van der Waals surface area contributed by atoms with Gasteiger partial charge in [-0.1, -0.05) is 26.0 Å². The van der Waals surface area contributed by atoms with E-state index >= 15 is 0 Å². The molecule has 0 spiro atoms. The Morgan fingerprint density at radius 1 is 1.30 bits per heavy atom. The van der Waals surface area contributed by atoms with Gasteiger partial charge in [0.25, 0.3) is 0 Å². The Morgan fingerprint density at radius 3 is 2.52 bits per heavy atom. The second kappa shape index (κ2) is 7.66. The molecule has 0 aliphatic carbocycles. The summed E-state index contributed by atoms with van der Waals surface area (Å²) in [7, 11) is 0. The van der Waals surface area contributed by atoms with E-state index in [-0.39, 0.29) is 11.7 Å². The number of nitrogens with zero attached hydrogens (tertiary/aromatic N) is 1. The van der Waals surface area contributed by atoms with Gasteiger partial charge >= 0.3 is 0 Å². The molecule has 0 atom stereocenters. The largest absolute Gasteiger partial charge is 0.329 e. The summed E-state index contributed by atoms with van der Waals surface area (Å²) in [4.78, 5) is 17.7. The second-order valence-electron chi connectivity index (χ2n) is 5.58. The van der Waals surface area contributed by atoms with E-state index in [4.69, 9.17) is 5.73 Å². The van der Waals surface area contributed by atoms with Gasteiger partial charge in [0.05, 0.1) is 5.41 Å². The molecule has 1 aromatic heterocycles. The molecule has 0 fully saturated rings. The van der Waals surface area contributed by atoms with Gasteiger partial charge in [0, 0.05) is 24.0 Å². The molecular weight excluding hydrogens is 313 g/mol. The van der Waals surface area contributed by atoms with E-state index in [0.717, 1.165) is 10.4 Å². The first-order valence-electron chi connectivity index (χ1n) is 7.73. The van der Waals surface area contributed by atoms with Crippen molar-refractivity contribution >= 4 is 22.4 Å². The number of hydrogen-bond donors (Lipinski definition) is 2. The Hall–Kier alpha value is -1.79. The molecule has 0 aliphatic heterocycles. The lowest BCUT2D eigenvalue weighted by molar-refractivity contribution is -0.125. The van der Waals surface area contributed by atoms with Gasteiger partial charge < -0.3 is 11.1 Å². The fraction of sp³-hybridized carbons (Fsp3) is 0.412. The number of nitrogens with two attached hydrogens (primary N) is 1. The Morgan fingerprint density at radius 2 is 1.96 bits per heavy atom. The number of carbonyl (C=O) groups excluding carboxylic acids is 1. The van der Waals surface area contributed by atoms with E-state index in [1.807, 2.05) is 13.8 Å². The van der Waals surface area contributed by atoms with Crippen molar-refractivity contribution < 1.29 is 9.18 Å². The summed E-state index contributed by atoms with van der Waals surface area (Å²) in [5, 5.41) is 3.46. The van der Waals surface area contributed by atoms with Crippen LogP contribution in [0.4, 0.5) is 9.52 Å². The lowest BCUT2D eigenvalue weighted by Gasteiger charge is -2.27. The van der Waals surface area contributed by atoms with Crippen LogP contribution in [0.3, 0.4) is 0 Å². The zero-order valence-electron chi connectivity index (χ0n) is 13.4. The van der Waals surface area contributed by atoms with Crippen molar-refractivity contribution in [2.75, 3.05) is 11.9 Å². The third-order valence-electron chi connectivity index (χ3n) is 4.29. The zero-order valence-corrected chi connectivity index (χ0v) is 14.3. The van der Waals surface area contributed by atoms with Gasteiger partial charge in [0.2, 0.25) is 5.91 Å². The highest BCUT2D eigenvalue weighted by Gasteiger charge is 2.33. The number of halogens is 1. The summed E-state index contributed by atoms with van der Waals surface area (Å²) in [5.74, 6) is -0.323. The highest BCUT2D eigenvalue weighted by molar-refractivity contribution is 7.15. The first-order valence-corrected chi connectivity index (χ1v) is 8.55. The first kappa shape index (κ1) is 17.6. The van der Waals surface area contributed by atoms with Crippen LogP contribution in [-0.2, 0) is 11.2 Å². The molecule has 3 N–H and O–H groups in total. The van der Waals surface area contributed by atoms with Crippen LogP contribution < -0.4 is 11.1 Å². The average molecular weight is 335 g/mol. The Balaban J connectivity index is 2.04. The predicted octanol–water partition coefficient (Wildman–Crippen LogP) is 3.58. The molecule has 1 heterocycles. The number of hydrogen-bond acceptors (Lipinski definition) is 4. The molecule has 0 bridgehead atoms. The lowest BCUT2D eigenvalue weighted by Crippen LogP contribution is -2.41. The van der Waals surface area contributed by atoms with Crippen molar-refractivity contribution in [1.82, 2.24) is 4.98 Å². The Kier molecular flexibility index (Phi) is 5.85. The van der Waals surface area contributed by atoms with Crippen molar-refractivity contribution in [2.45, 2.75) is 33.1 Å². The molecule has 2 rings (SSSR count). The van der Waals surface area contributed by atoms with Crippen molar-refractivity contribution in [3.05, 3.63) is 46.7 Å². The van der Waals surface area contributed by atoms with E-state index in [0.29, 0.717) is 30.9 Å². The number of carbonyl (C=O) groups is 1. The molecule has 0 aliphatic rings. The van der Waals surface area contributed by atoms with Gasteiger partial charge in [0.1, 0.15) is 5.82 Å². The molecule has 2 aromatic rings. The smallest absolute Gasteiger partial charge is 0.233 e. The van der Waals surface area contributed by atoms with Gasteiger partial charge in [-0.25, -0.2) is 9.37 Å². The highest BCUT2D eigenvalue weighted by Crippen LogP contribution is 2.28. The molecule has 6 heteroatoms. The molecule has 23 heavy (non-hydrogen) atoms.